The van der Waals surface area contributed by atoms with Gasteiger partial charge in [-0.2, -0.15) is 0 Å². The molecule has 0 amide bonds. The van der Waals surface area contributed by atoms with Crippen molar-refractivity contribution < 1.29 is 19.5 Å². The summed E-state index contributed by atoms with van der Waals surface area (Å²) in [5.74, 6) is 0.367. The molecule has 0 aliphatic heterocycles. The average molecular weight is 266 g/mol. The van der Waals surface area contributed by atoms with E-state index in [4.69, 9.17) is 11.5 Å². The number of ketones is 2. The molecule has 0 aromatic heterocycles. The number of carboxylic acid groups (broad SMARTS) is 1. The fraction of sp³-hybridized carbons (Fsp3) is 0.667. The van der Waals surface area contributed by atoms with Crippen LogP contribution in [0.15, 0.2) is 0 Å². The number of terminal acetylenes is 1. The first-order valence-corrected chi connectivity index (χ1v) is 6.39. The molecule has 0 saturated carbocycles. The Morgan fingerprint density at radius 3 is 2.21 bits per heavy atom. The third-order valence-corrected chi connectivity index (χ3v) is 2.78. The maximum atomic E-state index is 12.1. The molecule has 0 heterocycles. The summed E-state index contributed by atoms with van der Waals surface area (Å²) in [6, 6.07) is 0. The summed E-state index contributed by atoms with van der Waals surface area (Å²) in [5.41, 5.74) is -0.640. The van der Waals surface area contributed by atoms with E-state index in [0.29, 0.717) is 19.3 Å². The van der Waals surface area contributed by atoms with Crippen LogP contribution >= 0.6 is 0 Å². The molecule has 0 bridgehead atoms. The molecule has 1 unspecified atom stereocenters. The van der Waals surface area contributed by atoms with Crippen LogP contribution in [0.5, 0.6) is 0 Å². The Bertz CT molecular complexity index is 382. The molecule has 4 heteroatoms. The Morgan fingerprint density at radius 1 is 1.21 bits per heavy atom. The maximum absolute atomic E-state index is 12.1. The molecule has 0 aromatic carbocycles. The minimum Gasteiger partial charge on any atom is -0.481 e. The van der Waals surface area contributed by atoms with E-state index in [9.17, 15) is 14.4 Å². The van der Waals surface area contributed by atoms with E-state index in [1.54, 1.807) is 20.8 Å². The van der Waals surface area contributed by atoms with Crippen molar-refractivity contribution in [2.45, 2.75) is 52.9 Å². The second-order valence-corrected chi connectivity index (χ2v) is 5.71. The Labute approximate surface area is 114 Å². The van der Waals surface area contributed by atoms with Crippen molar-refractivity contribution in [1.29, 1.82) is 0 Å². The molecule has 0 aliphatic carbocycles. The first-order chi connectivity index (χ1) is 8.68. The van der Waals surface area contributed by atoms with Crippen LogP contribution < -0.4 is 0 Å². The van der Waals surface area contributed by atoms with Gasteiger partial charge in [-0.15, -0.1) is 12.3 Å². The molecule has 106 valence electrons. The van der Waals surface area contributed by atoms with Crippen molar-refractivity contribution in [3.8, 4) is 12.3 Å². The number of hydrogen-bond donors (Lipinski definition) is 1. The third kappa shape index (κ3) is 7.40. The van der Waals surface area contributed by atoms with E-state index in [0.717, 1.165) is 0 Å². The highest BCUT2D eigenvalue weighted by atomic mass is 16.4. The molecule has 0 aromatic rings. The minimum atomic E-state index is -1.06. The first kappa shape index (κ1) is 17.4. The van der Waals surface area contributed by atoms with Crippen LogP contribution in [0.3, 0.4) is 0 Å². The van der Waals surface area contributed by atoms with E-state index in [-0.39, 0.29) is 24.4 Å². The molecule has 0 spiro atoms. The van der Waals surface area contributed by atoms with Crippen LogP contribution in [-0.4, -0.2) is 22.6 Å². The highest BCUT2D eigenvalue weighted by Gasteiger charge is 2.32. The summed E-state index contributed by atoms with van der Waals surface area (Å²) in [7, 11) is 0. The topological polar surface area (TPSA) is 71.4 Å². The number of carbonyl (C=O) groups excluding carboxylic acids is 2. The molecule has 1 atom stereocenters. The molecule has 19 heavy (non-hydrogen) atoms. The van der Waals surface area contributed by atoms with Crippen LogP contribution in [0.1, 0.15) is 52.9 Å². The van der Waals surface area contributed by atoms with Crippen molar-refractivity contribution in [1.82, 2.24) is 0 Å². The SMILES string of the molecule is C#CCCCC(=O)CC(CC(=O)O)C(=O)C(C)(C)C. The molecule has 0 rings (SSSR count). The van der Waals surface area contributed by atoms with Gasteiger partial charge in [0.1, 0.15) is 11.6 Å². The van der Waals surface area contributed by atoms with Crippen LogP contribution in [0.2, 0.25) is 0 Å². The number of hydrogen-bond acceptors (Lipinski definition) is 3. The second kappa shape index (κ2) is 7.73. The predicted molar refractivity (Wildman–Crippen MR) is 72.5 cm³/mol. The summed E-state index contributed by atoms with van der Waals surface area (Å²) < 4.78 is 0. The Balaban J connectivity index is 4.61. The normalized spacial score (nSPS) is 12.5. The number of carbonyl (C=O) groups is 3. The third-order valence-electron chi connectivity index (χ3n) is 2.78. The van der Waals surface area contributed by atoms with E-state index in [2.05, 4.69) is 5.92 Å². The van der Waals surface area contributed by atoms with Crippen molar-refractivity contribution in [3.63, 3.8) is 0 Å². The highest BCUT2D eigenvalue weighted by Crippen LogP contribution is 2.25. The number of unbranched alkanes of at least 4 members (excludes halogenated alkanes) is 1. The smallest absolute Gasteiger partial charge is 0.304 e. The van der Waals surface area contributed by atoms with Crippen molar-refractivity contribution in [3.05, 3.63) is 0 Å². The molecule has 4 nitrogen and oxygen atoms in total. The maximum Gasteiger partial charge on any atom is 0.304 e. The van der Waals surface area contributed by atoms with Crippen LogP contribution in [0, 0.1) is 23.7 Å². The van der Waals surface area contributed by atoms with Gasteiger partial charge in [-0.25, -0.2) is 0 Å². The van der Waals surface area contributed by atoms with Crippen LogP contribution in [0.4, 0.5) is 0 Å². The molecule has 1 N–H and O–H groups in total. The zero-order valence-corrected chi connectivity index (χ0v) is 11.9. The molecular formula is C15H22O4. The zero-order chi connectivity index (χ0) is 15.1. The van der Waals surface area contributed by atoms with Gasteiger partial charge in [0.2, 0.25) is 0 Å². The second-order valence-electron chi connectivity index (χ2n) is 5.71. The molecule has 0 radical (unpaired) electrons. The van der Waals surface area contributed by atoms with Gasteiger partial charge in [0.15, 0.2) is 0 Å². The minimum absolute atomic E-state index is 0.00697. The largest absolute Gasteiger partial charge is 0.481 e. The van der Waals surface area contributed by atoms with Crippen molar-refractivity contribution in [2.24, 2.45) is 11.3 Å². The van der Waals surface area contributed by atoms with Crippen molar-refractivity contribution >= 4 is 17.5 Å². The number of Topliss-reactive ketones (excluding diaryl/α,β-unsaturated/α-hetero) is 2. The standard InChI is InChI=1S/C15H22O4/c1-5-6-7-8-12(16)9-11(10-13(17)18)14(19)15(2,3)4/h1,11H,6-10H2,2-4H3,(H,17,18). The van der Waals surface area contributed by atoms with Gasteiger partial charge in [-0.05, 0) is 6.42 Å². The van der Waals surface area contributed by atoms with Gasteiger partial charge >= 0.3 is 5.97 Å². The number of aliphatic carboxylic acids is 1. The summed E-state index contributed by atoms with van der Waals surface area (Å²) in [6.45, 7) is 5.19. The monoisotopic (exact) mass is 266 g/mol. The highest BCUT2D eigenvalue weighted by molar-refractivity contribution is 5.93. The molecule has 0 saturated heterocycles. The molecule has 0 fully saturated rings. The Hall–Kier alpha value is -1.63. The lowest BCUT2D eigenvalue weighted by Crippen LogP contribution is -2.31. The van der Waals surface area contributed by atoms with Crippen molar-refractivity contribution in [2.75, 3.05) is 0 Å². The van der Waals surface area contributed by atoms with Gasteiger partial charge in [-0.3, -0.25) is 14.4 Å². The summed E-state index contributed by atoms with van der Waals surface area (Å²) in [5, 5.41) is 8.84. The fourth-order valence-corrected chi connectivity index (χ4v) is 1.85. The lowest BCUT2D eigenvalue weighted by molar-refractivity contribution is -0.143. The number of carboxylic acids is 1. The summed E-state index contributed by atoms with van der Waals surface area (Å²) in [4.78, 5) is 34.6. The van der Waals surface area contributed by atoms with E-state index in [1.165, 1.54) is 0 Å². The van der Waals surface area contributed by atoms with Crippen LogP contribution in [0.25, 0.3) is 0 Å². The van der Waals surface area contributed by atoms with E-state index < -0.39 is 17.3 Å². The van der Waals surface area contributed by atoms with Gasteiger partial charge in [0.05, 0.1) is 6.42 Å². The van der Waals surface area contributed by atoms with E-state index in [1.807, 2.05) is 0 Å². The summed E-state index contributed by atoms with van der Waals surface area (Å²) in [6.07, 6.45) is 6.19. The van der Waals surface area contributed by atoms with Gasteiger partial charge in [0, 0.05) is 30.6 Å². The Morgan fingerprint density at radius 2 is 1.79 bits per heavy atom. The quantitative estimate of drug-likeness (QED) is 0.541. The van der Waals surface area contributed by atoms with E-state index >= 15 is 0 Å². The average Bonchev–Trinajstić information content (AvgIpc) is 2.25. The Kier molecular flexibility index (Phi) is 7.06. The fourth-order valence-electron chi connectivity index (χ4n) is 1.85. The zero-order valence-electron chi connectivity index (χ0n) is 11.9. The first-order valence-electron chi connectivity index (χ1n) is 6.39. The van der Waals surface area contributed by atoms with Gasteiger partial charge in [0.25, 0.3) is 0 Å². The van der Waals surface area contributed by atoms with Gasteiger partial charge < -0.3 is 5.11 Å². The molecular weight excluding hydrogens is 244 g/mol. The predicted octanol–water partition coefficient (Wildman–Crippen LogP) is 2.46. The van der Waals surface area contributed by atoms with Crippen LogP contribution in [-0.2, 0) is 14.4 Å². The lowest BCUT2D eigenvalue weighted by atomic mass is 9.79. The van der Waals surface area contributed by atoms with Gasteiger partial charge in [-0.1, -0.05) is 20.8 Å². The lowest BCUT2D eigenvalue weighted by Gasteiger charge is -2.23. The number of rotatable bonds is 8. The summed E-state index contributed by atoms with van der Waals surface area (Å²) >= 11 is 0. The molecule has 0 aliphatic rings.